The second-order valence-electron chi connectivity index (χ2n) is 5.82. The SMILES string of the molecule is CCC(c1ccc(O)cc1)N1CCc2ccccc2CC1. The number of rotatable bonds is 3. The van der Waals surface area contributed by atoms with Crippen molar-refractivity contribution < 1.29 is 5.11 Å². The lowest BCUT2D eigenvalue weighted by atomic mass is 10.0. The maximum Gasteiger partial charge on any atom is 0.115 e. The fourth-order valence-electron chi connectivity index (χ4n) is 3.40. The minimum atomic E-state index is 0.344. The Kier molecular flexibility index (Phi) is 4.26. The molecular weight excluding hydrogens is 258 g/mol. The van der Waals surface area contributed by atoms with Crippen LogP contribution in [0, 0.1) is 0 Å². The molecule has 2 aromatic rings. The van der Waals surface area contributed by atoms with Gasteiger partial charge in [-0.1, -0.05) is 43.3 Å². The number of benzene rings is 2. The lowest BCUT2D eigenvalue weighted by Gasteiger charge is -2.30. The predicted molar refractivity (Wildman–Crippen MR) is 86.6 cm³/mol. The van der Waals surface area contributed by atoms with E-state index in [1.807, 2.05) is 0 Å². The van der Waals surface area contributed by atoms with E-state index in [-0.39, 0.29) is 0 Å². The molecule has 1 heterocycles. The Labute approximate surface area is 127 Å². The minimum absolute atomic E-state index is 0.344. The van der Waals surface area contributed by atoms with Crippen molar-refractivity contribution in [2.24, 2.45) is 0 Å². The molecule has 0 fully saturated rings. The number of phenolic OH excluding ortho intramolecular Hbond substituents is 1. The van der Waals surface area contributed by atoms with Crippen molar-refractivity contribution in [1.29, 1.82) is 0 Å². The number of nitrogens with zero attached hydrogens (tertiary/aromatic N) is 1. The summed E-state index contributed by atoms with van der Waals surface area (Å²) in [6.45, 7) is 4.46. The monoisotopic (exact) mass is 281 g/mol. The number of phenols is 1. The highest BCUT2D eigenvalue weighted by Gasteiger charge is 2.21. The van der Waals surface area contributed by atoms with Gasteiger partial charge >= 0.3 is 0 Å². The van der Waals surface area contributed by atoms with Crippen molar-refractivity contribution in [3.8, 4) is 5.75 Å². The normalized spacial score (nSPS) is 17.0. The van der Waals surface area contributed by atoms with Crippen LogP contribution in [0.1, 0.15) is 36.1 Å². The largest absolute Gasteiger partial charge is 0.508 e. The molecule has 1 aliphatic rings. The maximum absolute atomic E-state index is 9.47. The predicted octanol–water partition coefficient (Wildman–Crippen LogP) is 3.94. The van der Waals surface area contributed by atoms with Crippen LogP contribution in [0.15, 0.2) is 48.5 Å². The first-order chi connectivity index (χ1) is 10.3. The second kappa shape index (κ2) is 6.31. The molecule has 0 bridgehead atoms. The van der Waals surface area contributed by atoms with E-state index in [0.717, 1.165) is 32.4 Å². The molecule has 0 aromatic heterocycles. The fraction of sp³-hybridized carbons (Fsp3) is 0.368. The van der Waals surface area contributed by atoms with Crippen molar-refractivity contribution in [1.82, 2.24) is 4.90 Å². The first kappa shape index (κ1) is 14.2. The van der Waals surface area contributed by atoms with Gasteiger partial charge in [-0.3, -0.25) is 4.90 Å². The molecule has 0 saturated carbocycles. The zero-order valence-electron chi connectivity index (χ0n) is 12.6. The molecule has 1 unspecified atom stereocenters. The van der Waals surface area contributed by atoms with E-state index in [1.54, 1.807) is 12.1 Å². The molecule has 2 nitrogen and oxygen atoms in total. The Morgan fingerprint density at radius 3 is 2.05 bits per heavy atom. The molecule has 3 rings (SSSR count). The summed E-state index contributed by atoms with van der Waals surface area (Å²) in [5.41, 5.74) is 4.31. The van der Waals surface area contributed by atoms with Crippen LogP contribution in [0.2, 0.25) is 0 Å². The molecule has 2 aromatic carbocycles. The summed E-state index contributed by atoms with van der Waals surface area (Å²) >= 11 is 0. The van der Waals surface area contributed by atoms with E-state index in [4.69, 9.17) is 0 Å². The lowest BCUT2D eigenvalue weighted by molar-refractivity contribution is 0.201. The highest BCUT2D eigenvalue weighted by Crippen LogP contribution is 2.28. The summed E-state index contributed by atoms with van der Waals surface area (Å²) in [6.07, 6.45) is 3.36. The maximum atomic E-state index is 9.47. The molecule has 1 aliphatic heterocycles. The Morgan fingerprint density at radius 2 is 1.52 bits per heavy atom. The molecule has 0 radical (unpaired) electrons. The van der Waals surface area contributed by atoms with Gasteiger partial charge in [-0.05, 0) is 48.1 Å². The van der Waals surface area contributed by atoms with Crippen LogP contribution in [0.3, 0.4) is 0 Å². The van der Waals surface area contributed by atoms with Crippen LogP contribution in [-0.4, -0.2) is 23.1 Å². The topological polar surface area (TPSA) is 23.5 Å². The highest BCUT2D eigenvalue weighted by atomic mass is 16.3. The first-order valence-corrected chi connectivity index (χ1v) is 7.87. The van der Waals surface area contributed by atoms with Gasteiger partial charge in [-0.2, -0.15) is 0 Å². The van der Waals surface area contributed by atoms with Crippen molar-refractivity contribution in [2.75, 3.05) is 13.1 Å². The Morgan fingerprint density at radius 1 is 0.952 bits per heavy atom. The van der Waals surface area contributed by atoms with Crippen LogP contribution in [-0.2, 0) is 12.8 Å². The van der Waals surface area contributed by atoms with Crippen LogP contribution in [0.4, 0.5) is 0 Å². The highest BCUT2D eigenvalue weighted by molar-refractivity contribution is 5.30. The lowest BCUT2D eigenvalue weighted by Crippen LogP contribution is -2.31. The molecule has 0 saturated heterocycles. The molecule has 1 atom stereocenters. The van der Waals surface area contributed by atoms with Crippen molar-refractivity contribution in [2.45, 2.75) is 32.2 Å². The smallest absolute Gasteiger partial charge is 0.115 e. The minimum Gasteiger partial charge on any atom is -0.508 e. The summed E-state index contributed by atoms with van der Waals surface area (Å²) in [4.78, 5) is 2.59. The van der Waals surface area contributed by atoms with Gasteiger partial charge in [-0.15, -0.1) is 0 Å². The molecule has 0 aliphatic carbocycles. The van der Waals surface area contributed by atoms with Gasteiger partial charge in [0, 0.05) is 19.1 Å². The Balaban J connectivity index is 1.78. The third-order valence-electron chi connectivity index (χ3n) is 4.56. The van der Waals surface area contributed by atoms with Gasteiger partial charge in [0.05, 0.1) is 0 Å². The molecular formula is C19H23NO. The molecule has 0 amide bonds. The molecule has 0 spiro atoms. The van der Waals surface area contributed by atoms with Gasteiger partial charge in [0.25, 0.3) is 0 Å². The quantitative estimate of drug-likeness (QED) is 0.921. The summed E-state index contributed by atoms with van der Waals surface area (Å²) in [6, 6.07) is 17.0. The zero-order chi connectivity index (χ0) is 14.7. The van der Waals surface area contributed by atoms with Gasteiger partial charge < -0.3 is 5.11 Å². The molecule has 1 N–H and O–H groups in total. The third kappa shape index (κ3) is 3.11. The van der Waals surface area contributed by atoms with Crippen molar-refractivity contribution >= 4 is 0 Å². The standard InChI is InChI=1S/C19H23NO/c1-2-19(17-7-9-18(21)10-8-17)20-13-11-15-5-3-4-6-16(15)12-14-20/h3-10,19,21H,2,11-14H2,1H3. The van der Waals surface area contributed by atoms with Gasteiger partial charge in [0.2, 0.25) is 0 Å². The Bertz CT molecular complexity index is 564. The van der Waals surface area contributed by atoms with E-state index in [2.05, 4.69) is 48.2 Å². The van der Waals surface area contributed by atoms with E-state index in [9.17, 15) is 5.11 Å². The number of aromatic hydroxyl groups is 1. The second-order valence-corrected chi connectivity index (χ2v) is 5.82. The van der Waals surface area contributed by atoms with E-state index in [0.29, 0.717) is 11.8 Å². The van der Waals surface area contributed by atoms with Crippen molar-refractivity contribution in [3.63, 3.8) is 0 Å². The summed E-state index contributed by atoms with van der Waals surface area (Å²) in [5, 5.41) is 9.47. The number of hydrogen-bond acceptors (Lipinski definition) is 2. The summed E-state index contributed by atoms with van der Waals surface area (Å²) in [5.74, 6) is 0.344. The average Bonchev–Trinajstić information content (AvgIpc) is 2.73. The van der Waals surface area contributed by atoms with Crippen molar-refractivity contribution in [3.05, 3.63) is 65.2 Å². The van der Waals surface area contributed by atoms with Gasteiger partial charge in [0.1, 0.15) is 5.75 Å². The third-order valence-corrected chi connectivity index (χ3v) is 4.56. The zero-order valence-corrected chi connectivity index (χ0v) is 12.6. The molecule has 21 heavy (non-hydrogen) atoms. The van der Waals surface area contributed by atoms with Crippen LogP contribution >= 0.6 is 0 Å². The average molecular weight is 281 g/mol. The van der Waals surface area contributed by atoms with Gasteiger partial charge in [0.15, 0.2) is 0 Å². The van der Waals surface area contributed by atoms with Crippen LogP contribution in [0.25, 0.3) is 0 Å². The van der Waals surface area contributed by atoms with Crippen LogP contribution < -0.4 is 0 Å². The molecule has 2 heteroatoms. The van der Waals surface area contributed by atoms with E-state index >= 15 is 0 Å². The summed E-state index contributed by atoms with van der Waals surface area (Å²) < 4.78 is 0. The number of hydrogen-bond donors (Lipinski definition) is 1. The first-order valence-electron chi connectivity index (χ1n) is 7.87. The fourth-order valence-corrected chi connectivity index (χ4v) is 3.40. The number of fused-ring (bicyclic) bond motifs is 1. The Hall–Kier alpha value is -1.80. The van der Waals surface area contributed by atoms with E-state index < -0.39 is 0 Å². The summed E-state index contributed by atoms with van der Waals surface area (Å²) in [7, 11) is 0. The van der Waals surface area contributed by atoms with E-state index in [1.165, 1.54) is 16.7 Å². The van der Waals surface area contributed by atoms with Gasteiger partial charge in [-0.25, -0.2) is 0 Å². The molecule has 110 valence electrons. The van der Waals surface area contributed by atoms with Crippen LogP contribution in [0.5, 0.6) is 5.75 Å².